The lowest BCUT2D eigenvalue weighted by Crippen LogP contribution is -1.99. The number of ketones is 1. The predicted octanol–water partition coefficient (Wildman–Crippen LogP) is 4.05. The largest absolute Gasteiger partial charge is 0.289 e. The Balaban J connectivity index is 2.39. The summed E-state index contributed by atoms with van der Waals surface area (Å²) < 4.78 is 1.03. The molecule has 0 fully saturated rings. The topological polar surface area (TPSA) is 17.1 Å². The Bertz CT molecular complexity index is 488. The number of thiophene rings is 1. The van der Waals surface area contributed by atoms with Crippen LogP contribution in [0.3, 0.4) is 0 Å². The molecule has 1 nitrogen and oxygen atoms in total. The van der Waals surface area contributed by atoms with Gasteiger partial charge in [0.05, 0.1) is 0 Å². The van der Waals surface area contributed by atoms with E-state index in [1.807, 2.05) is 41.9 Å². The zero-order chi connectivity index (χ0) is 10.8. The molecule has 0 amide bonds. The minimum atomic E-state index is 0.0897. The van der Waals surface area contributed by atoms with E-state index < -0.39 is 0 Å². The molecule has 0 radical (unpaired) electrons. The third-order valence-electron chi connectivity index (χ3n) is 2.20. The van der Waals surface area contributed by atoms with Crippen molar-refractivity contribution in [2.75, 3.05) is 0 Å². The van der Waals surface area contributed by atoms with Crippen LogP contribution in [-0.4, -0.2) is 5.78 Å². The summed E-state index contributed by atoms with van der Waals surface area (Å²) in [5.41, 5.74) is 2.59. The molecule has 1 heterocycles. The molecule has 2 aromatic rings. The zero-order valence-corrected chi connectivity index (χ0v) is 10.6. The Morgan fingerprint density at radius 2 is 2.07 bits per heavy atom. The fraction of sp³-hybridized carbons (Fsp3) is 0.0833. The fourth-order valence-electron chi connectivity index (χ4n) is 1.35. The van der Waals surface area contributed by atoms with E-state index in [4.69, 9.17) is 0 Å². The van der Waals surface area contributed by atoms with Crippen molar-refractivity contribution in [2.45, 2.75) is 6.92 Å². The van der Waals surface area contributed by atoms with E-state index in [2.05, 4.69) is 15.9 Å². The molecule has 0 aliphatic carbocycles. The van der Waals surface area contributed by atoms with Crippen LogP contribution >= 0.6 is 27.3 Å². The third-order valence-corrected chi connectivity index (χ3v) is 3.78. The molecular weight excluding hydrogens is 272 g/mol. The number of carbonyl (C=O) groups is 1. The van der Waals surface area contributed by atoms with Crippen LogP contribution in [0.25, 0.3) is 0 Å². The van der Waals surface area contributed by atoms with Gasteiger partial charge in [-0.1, -0.05) is 15.9 Å². The van der Waals surface area contributed by atoms with Gasteiger partial charge in [0.2, 0.25) is 0 Å². The van der Waals surface area contributed by atoms with Crippen molar-refractivity contribution in [3.63, 3.8) is 0 Å². The Morgan fingerprint density at radius 1 is 1.27 bits per heavy atom. The summed E-state index contributed by atoms with van der Waals surface area (Å²) in [7, 11) is 0. The van der Waals surface area contributed by atoms with Gasteiger partial charge in [-0.15, -0.1) is 0 Å². The molecule has 0 saturated heterocycles. The van der Waals surface area contributed by atoms with Gasteiger partial charge in [0.25, 0.3) is 0 Å². The molecule has 0 spiro atoms. The van der Waals surface area contributed by atoms with Gasteiger partial charge in [0.15, 0.2) is 5.78 Å². The van der Waals surface area contributed by atoms with Crippen molar-refractivity contribution in [1.82, 2.24) is 0 Å². The molecule has 0 saturated carbocycles. The highest BCUT2D eigenvalue weighted by Crippen LogP contribution is 2.19. The summed E-state index contributed by atoms with van der Waals surface area (Å²) in [6.45, 7) is 1.98. The van der Waals surface area contributed by atoms with Crippen molar-refractivity contribution in [1.29, 1.82) is 0 Å². The standard InChI is InChI=1S/C12H9BrOS/c1-8-6-9(2-3-11(8)13)12(14)10-4-5-15-7-10/h2-7H,1H3. The molecule has 0 unspecified atom stereocenters. The maximum Gasteiger partial charge on any atom is 0.193 e. The maximum atomic E-state index is 12.0. The molecule has 15 heavy (non-hydrogen) atoms. The van der Waals surface area contributed by atoms with Gasteiger partial charge in [-0.3, -0.25) is 4.79 Å². The van der Waals surface area contributed by atoms with Gasteiger partial charge in [-0.05, 0) is 42.1 Å². The number of rotatable bonds is 2. The maximum absolute atomic E-state index is 12.0. The highest BCUT2D eigenvalue weighted by atomic mass is 79.9. The molecule has 3 heteroatoms. The van der Waals surface area contributed by atoms with Crippen molar-refractivity contribution < 1.29 is 4.79 Å². The summed E-state index contributed by atoms with van der Waals surface area (Å²) >= 11 is 4.96. The third kappa shape index (κ3) is 2.19. The second kappa shape index (κ2) is 4.29. The number of aryl methyl sites for hydroxylation is 1. The van der Waals surface area contributed by atoms with Gasteiger partial charge in [-0.25, -0.2) is 0 Å². The molecular formula is C12H9BrOS. The number of benzene rings is 1. The average Bonchev–Trinajstić information content (AvgIpc) is 2.74. The van der Waals surface area contributed by atoms with Crippen molar-refractivity contribution in [2.24, 2.45) is 0 Å². The zero-order valence-electron chi connectivity index (χ0n) is 8.16. The van der Waals surface area contributed by atoms with E-state index in [1.165, 1.54) is 11.3 Å². The first-order chi connectivity index (χ1) is 7.18. The Morgan fingerprint density at radius 3 is 2.67 bits per heavy atom. The van der Waals surface area contributed by atoms with Crippen LogP contribution in [0.2, 0.25) is 0 Å². The molecule has 0 N–H and O–H groups in total. The van der Waals surface area contributed by atoms with Gasteiger partial charge in [0.1, 0.15) is 0 Å². The molecule has 0 atom stereocenters. The van der Waals surface area contributed by atoms with Crippen LogP contribution in [0.1, 0.15) is 21.5 Å². The van der Waals surface area contributed by atoms with E-state index in [1.54, 1.807) is 0 Å². The monoisotopic (exact) mass is 280 g/mol. The number of hydrogen-bond acceptors (Lipinski definition) is 2. The number of hydrogen-bond donors (Lipinski definition) is 0. The second-order valence-electron chi connectivity index (χ2n) is 3.31. The van der Waals surface area contributed by atoms with E-state index in [0.29, 0.717) is 0 Å². The first-order valence-corrected chi connectivity index (χ1v) is 6.25. The fourth-order valence-corrected chi connectivity index (χ4v) is 2.23. The van der Waals surface area contributed by atoms with Gasteiger partial charge < -0.3 is 0 Å². The summed E-state index contributed by atoms with van der Waals surface area (Å²) in [4.78, 5) is 12.0. The normalized spacial score (nSPS) is 10.3. The highest BCUT2D eigenvalue weighted by molar-refractivity contribution is 9.10. The lowest BCUT2D eigenvalue weighted by molar-refractivity contribution is 0.103. The van der Waals surface area contributed by atoms with Crippen LogP contribution < -0.4 is 0 Å². The van der Waals surface area contributed by atoms with Crippen molar-refractivity contribution in [3.05, 3.63) is 56.2 Å². The summed E-state index contributed by atoms with van der Waals surface area (Å²) in [5, 5.41) is 3.79. The minimum Gasteiger partial charge on any atom is -0.289 e. The first kappa shape index (κ1) is 10.6. The summed E-state index contributed by atoms with van der Waals surface area (Å²) in [6.07, 6.45) is 0. The van der Waals surface area contributed by atoms with Crippen molar-refractivity contribution >= 4 is 33.0 Å². The SMILES string of the molecule is Cc1cc(C(=O)c2ccsc2)ccc1Br. The Kier molecular flexibility index (Phi) is 3.03. The van der Waals surface area contributed by atoms with Gasteiger partial charge in [0, 0.05) is 21.0 Å². The Hall–Kier alpha value is -0.930. The smallest absolute Gasteiger partial charge is 0.193 e. The van der Waals surface area contributed by atoms with E-state index >= 15 is 0 Å². The van der Waals surface area contributed by atoms with Gasteiger partial charge in [-0.2, -0.15) is 11.3 Å². The molecule has 1 aromatic carbocycles. The van der Waals surface area contributed by atoms with Crippen LogP contribution in [0, 0.1) is 6.92 Å². The molecule has 0 bridgehead atoms. The second-order valence-corrected chi connectivity index (χ2v) is 4.94. The molecule has 76 valence electrons. The minimum absolute atomic E-state index is 0.0897. The average molecular weight is 281 g/mol. The Labute approximate surface area is 101 Å². The highest BCUT2D eigenvalue weighted by Gasteiger charge is 2.09. The summed E-state index contributed by atoms with van der Waals surface area (Å²) in [6, 6.07) is 7.51. The van der Waals surface area contributed by atoms with Crippen LogP contribution in [0.15, 0.2) is 39.5 Å². The molecule has 0 aliphatic rings. The lowest BCUT2D eigenvalue weighted by Gasteiger charge is -2.02. The number of carbonyl (C=O) groups excluding carboxylic acids is 1. The molecule has 2 rings (SSSR count). The number of halogens is 1. The van der Waals surface area contributed by atoms with Crippen molar-refractivity contribution in [3.8, 4) is 0 Å². The van der Waals surface area contributed by atoms with Gasteiger partial charge >= 0.3 is 0 Å². The first-order valence-electron chi connectivity index (χ1n) is 4.51. The van der Waals surface area contributed by atoms with E-state index in [0.717, 1.165) is 21.2 Å². The molecule has 1 aromatic heterocycles. The summed E-state index contributed by atoms with van der Waals surface area (Å²) in [5.74, 6) is 0.0897. The quantitative estimate of drug-likeness (QED) is 0.759. The van der Waals surface area contributed by atoms with Crippen LogP contribution in [0.4, 0.5) is 0 Å². The van der Waals surface area contributed by atoms with Crippen LogP contribution in [-0.2, 0) is 0 Å². The molecule has 0 aliphatic heterocycles. The lowest BCUT2D eigenvalue weighted by atomic mass is 10.0. The van der Waals surface area contributed by atoms with E-state index in [-0.39, 0.29) is 5.78 Å². The predicted molar refractivity (Wildman–Crippen MR) is 66.6 cm³/mol. The van der Waals surface area contributed by atoms with Crippen LogP contribution in [0.5, 0.6) is 0 Å². The van der Waals surface area contributed by atoms with E-state index in [9.17, 15) is 4.79 Å².